The summed E-state index contributed by atoms with van der Waals surface area (Å²) in [7, 11) is 1.77. The molecule has 0 aliphatic heterocycles. The fourth-order valence-electron chi connectivity index (χ4n) is 2.10. The largest absolute Gasteiger partial charge is 0.341 e. The van der Waals surface area contributed by atoms with Crippen molar-refractivity contribution in [3.8, 4) is 0 Å². The molecular weight excluding hydrogens is 330 g/mol. The Morgan fingerprint density at radius 3 is 2.87 bits per heavy atom. The van der Waals surface area contributed by atoms with Gasteiger partial charge < -0.3 is 9.88 Å². The molecule has 0 fully saturated rings. The molecule has 0 bridgehead atoms. The van der Waals surface area contributed by atoms with E-state index in [1.165, 1.54) is 23.1 Å². The molecule has 2 heterocycles. The summed E-state index contributed by atoms with van der Waals surface area (Å²) in [5.41, 5.74) is 0.920. The minimum atomic E-state index is -0.163. The standard InChI is InChI=1S/C16H15N3O2S2/c1-19(9-11-5-3-2-4-6-11)13(20)10-23-16-17-14(21)12-7-8-22-15(12)18-16/h2-8H,9-10H2,1H3,(H,17,18,21). The van der Waals surface area contributed by atoms with Crippen LogP contribution in [0.4, 0.5) is 0 Å². The summed E-state index contributed by atoms with van der Waals surface area (Å²) in [5.74, 6) is 0.233. The Kier molecular flexibility index (Phi) is 4.78. The van der Waals surface area contributed by atoms with E-state index in [1.807, 2.05) is 35.7 Å². The summed E-state index contributed by atoms with van der Waals surface area (Å²) in [6, 6.07) is 11.6. The molecular formula is C16H15N3O2S2. The molecule has 0 aliphatic carbocycles. The lowest BCUT2D eigenvalue weighted by Gasteiger charge is -2.16. The zero-order chi connectivity index (χ0) is 16.2. The zero-order valence-electron chi connectivity index (χ0n) is 12.5. The molecule has 23 heavy (non-hydrogen) atoms. The van der Waals surface area contributed by atoms with E-state index < -0.39 is 0 Å². The highest BCUT2D eigenvalue weighted by Gasteiger charge is 2.12. The number of nitrogens with zero attached hydrogens (tertiary/aromatic N) is 2. The maximum absolute atomic E-state index is 12.2. The first-order chi connectivity index (χ1) is 11.1. The molecule has 0 unspecified atom stereocenters. The minimum Gasteiger partial charge on any atom is -0.341 e. The van der Waals surface area contributed by atoms with Crippen molar-refractivity contribution in [1.82, 2.24) is 14.9 Å². The normalized spacial score (nSPS) is 10.8. The van der Waals surface area contributed by atoms with Gasteiger partial charge in [-0.3, -0.25) is 9.59 Å². The number of amides is 1. The number of carbonyl (C=O) groups is 1. The van der Waals surface area contributed by atoms with E-state index in [4.69, 9.17) is 0 Å². The van der Waals surface area contributed by atoms with Gasteiger partial charge in [-0.05, 0) is 17.0 Å². The van der Waals surface area contributed by atoms with Gasteiger partial charge in [0.2, 0.25) is 5.91 Å². The van der Waals surface area contributed by atoms with Gasteiger partial charge in [0.05, 0.1) is 11.1 Å². The Hall–Kier alpha value is -2.12. The molecule has 2 aromatic heterocycles. The molecule has 0 saturated heterocycles. The Labute approximate surface area is 141 Å². The van der Waals surface area contributed by atoms with E-state index in [9.17, 15) is 9.59 Å². The van der Waals surface area contributed by atoms with Gasteiger partial charge in [0.15, 0.2) is 5.16 Å². The molecule has 0 atom stereocenters. The van der Waals surface area contributed by atoms with Crippen LogP contribution >= 0.6 is 23.1 Å². The van der Waals surface area contributed by atoms with Crippen LogP contribution in [0.1, 0.15) is 5.56 Å². The molecule has 1 amide bonds. The summed E-state index contributed by atoms with van der Waals surface area (Å²) in [4.78, 5) is 33.5. The molecule has 0 saturated carbocycles. The van der Waals surface area contributed by atoms with Crippen LogP contribution in [0, 0.1) is 0 Å². The van der Waals surface area contributed by atoms with Crippen molar-refractivity contribution in [2.45, 2.75) is 11.7 Å². The van der Waals surface area contributed by atoms with E-state index in [-0.39, 0.29) is 17.2 Å². The summed E-state index contributed by atoms with van der Waals surface area (Å²) < 4.78 is 0. The number of aromatic nitrogens is 2. The van der Waals surface area contributed by atoms with E-state index in [1.54, 1.807) is 18.0 Å². The number of carbonyl (C=O) groups excluding carboxylic acids is 1. The van der Waals surface area contributed by atoms with E-state index in [0.29, 0.717) is 21.9 Å². The number of aromatic amines is 1. The summed E-state index contributed by atoms with van der Waals surface area (Å²) in [6.45, 7) is 0.564. The monoisotopic (exact) mass is 345 g/mol. The van der Waals surface area contributed by atoms with Crippen molar-refractivity contribution < 1.29 is 4.79 Å². The third-order valence-corrected chi connectivity index (χ3v) is 5.00. The number of thioether (sulfide) groups is 1. The van der Waals surface area contributed by atoms with Gasteiger partial charge in [-0.2, -0.15) is 0 Å². The third-order valence-electron chi connectivity index (χ3n) is 3.33. The predicted molar refractivity (Wildman–Crippen MR) is 93.9 cm³/mol. The summed E-state index contributed by atoms with van der Waals surface area (Å²) >= 11 is 2.67. The van der Waals surface area contributed by atoms with E-state index in [2.05, 4.69) is 9.97 Å². The smallest absolute Gasteiger partial charge is 0.260 e. The molecule has 0 radical (unpaired) electrons. The molecule has 1 aromatic carbocycles. The first kappa shape index (κ1) is 15.8. The zero-order valence-corrected chi connectivity index (χ0v) is 14.1. The summed E-state index contributed by atoms with van der Waals surface area (Å²) in [6.07, 6.45) is 0. The molecule has 118 valence electrons. The molecule has 1 N–H and O–H groups in total. The number of benzene rings is 1. The highest BCUT2D eigenvalue weighted by molar-refractivity contribution is 7.99. The van der Waals surface area contributed by atoms with Crippen molar-refractivity contribution in [1.29, 1.82) is 0 Å². The van der Waals surface area contributed by atoms with E-state index >= 15 is 0 Å². The first-order valence-electron chi connectivity index (χ1n) is 7.01. The SMILES string of the molecule is CN(Cc1ccccc1)C(=O)CSc1nc2sccc2c(=O)[nH]1. The molecule has 3 rings (SSSR count). The minimum absolute atomic E-state index is 0.00669. The number of nitrogens with one attached hydrogen (secondary N) is 1. The van der Waals surface area contributed by atoms with Gasteiger partial charge >= 0.3 is 0 Å². The number of rotatable bonds is 5. The Morgan fingerprint density at radius 1 is 1.30 bits per heavy atom. The predicted octanol–water partition coefficient (Wildman–Crippen LogP) is 2.74. The lowest BCUT2D eigenvalue weighted by atomic mass is 10.2. The van der Waals surface area contributed by atoms with Crippen molar-refractivity contribution in [3.05, 3.63) is 57.7 Å². The van der Waals surface area contributed by atoms with Crippen LogP contribution in [0.2, 0.25) is 0 Å². The van der Waals surface area contributed by atoms with Crippen LogP contribution < -0.4 is 5.56 Å². The number of hydrogen-bond acceptors (Lipinski definition) is 5. The topological polar surface area (TPSA) is 66.1 Å². The van der Waals surface area contributed by atoms with Crippen molar-refractivity contribution in [2.75, 3.05) is 12.8 Å². The molecule has 5 nitrogen and oxygen atoms in total. The van der Waals surface area contributed by atoms with Crippen LogP contribution in [0.3, 0.4) is 0 Å². The fraction of sp³-hybridized carbons (Fsp3) is 0.188. The van der Waals surface area contributed by atoms with Crippen molar-refractivity contribution >= 4 is 39.2 Å². The van der Waals surface area contributed by atoms with Crippen molar-refractivity contribution in [2.24, 2.45) is 0 Å². The molecule has 0 spiro atoms. The number of hydrogen-bond donors (Lipinski definition) is 1. The van der Waals surface area contributed by atoms with Gasteiger partial charge in [0, 0.05) is 13.6 Å². The maximum Gasteiger partial charge on any atom is 0.260 e. The second-order valence-electron chi connectivity index (χ2n) is 5.03. The van der Waals surface area contributed by atoms with Gasteiger partial charge in [-0.25, -0.2) is 4.98 Å². The summed E-state index contributed by atoms with van der Waals surface area (Å²) in [5, 5.41) is 2.90. The highest BCUT2D eigenvalue weighted by atomic mass is 32.2. The van der Waals surface area contributed by atoms with Crippen molar-refractivity contribution in [3.63, 3.8) is 0 Å². The van der Waals surface area contributed by atoms with Gasteiger partial charge in [-0.1, -0.05) is 42.1 Å². The maximum atomic E-state index is 12.2. The van der Waals surface area contributed by atoms with Crippen LogP contribution in [0.25, 0.3) is 10.2 Å². The quantitative estimate of drug-likeness (QED) is 0.570. The van der Waals surface area contributed by atoms with E-state index in [0.717, 1.165) is 5.56 Å². The fourth-order valence-corrected chi connectivity index (χ4v) is 3.72. The molecule has 3 aromatic rings. The number of thiophene rings is 1. The first-order valence-corrected chi connectivity index (χ1v) is 8.88. The second-order valence-corrected chi connectivity index (χ2v) is 6.89. The van der Waals surface area contributed by atoms with Gasteiger partial charge in [0.25, 0.3) is 5.56 Å². The third kappa shape index (κ3) is 3.80. The lowest BCUT2D eigenvalue weighted by molar-refractivity contribution is -0.127. The average molecular weight is 345 g/mol. The lowest BCUT2D eigenvalue weighted by Crippen LogP contribution is -2.27. The van der Waals surface area contributed by atoms with Crippen LogP contribution in [-0.4, -0.2) is 33.6 Å². The Morgan fingerprint density at radius 2 is 2.09 bits per heavy atom. The average Bonchev–Trinajstić information content (AvgIpc) is 3.02. The van der Waals surface area contributed by atoms with Crippen LogP contribution in [-0.2, 0) is 11.3 Å². The highest BCUT2D eigenvalue weighted by Crippen LogP contribution is 2.19. The second kappa shape index (κ2) is 6.97. The van der Waals surface area contributed by atoms with Gasteiger partial charge in [0.1, 0.15) is 4.83 Å². The number of H-pyrrole nitrogens is 1. The van der Waals surface area contributed by atoms with Crippen LogP contribution in [0.15, 0.2) is 51.7 Å². The molecule has 7 heteroatoms. The Balaban J connectivity index is 1.62. The molecule has 0 aliphatic rings. The van der Waals surface area contributed by atoms with Crippen LogP contribution in [0.5, 0.6) is 0 Å². The van der Waals surface area contributed by atoms with Gasteiger partial charge in [-0.15, -0.1) is 11.3 Å². The Bertz CT molecular complexity index is 874. The number of fused-ring (bicyclic) bond motifs is 1.